The summed E-state index contributed by atoms with van der Waals surface area (Å²) < 4.78 is 46.6. The van der Waals surface area contributed by atoms with Crippen molar-refractivity contribution in [3.05, 3.63) is 47.9 Å². The van der Waals surface area contributed by atoms with Crippen LogP contribution in [0.5, 0.6) is 0 Å². The first-order chi connectivity index (χ1) is 14.1. The molecule has 160 valence electrons. The van der Waals surface area contributed by atoms with E-state index in [9.17, 15) is 22.4 Å². The molecule has 0 aliphatic carbocycles. The van der Waals surface area contributed by atoms with Gasteiger partial charge < -0.3 is 10.1 Å². The molecule has 11 heteroatoms. The minimum absolute atomic E-state index is 0.162. The summed E-state index contributed by atoms with van der Waals surface area (Å²) in [5.41, 5.74) is 1.40. The van der Waals surface area contributed by atoms with E-state index in [0.717, 1.165) is 6.26 Å². The van der Waals surface area contributed by atoms with E-state index in [-0.39, 0.29) is 31.2 Å². The summed E-state index contributed by atoms with van der Waals surface area (Å²) in [7, 11) is -3.57. The maximum absolute atomic E-state index is 14.7. The van der Waals surface area contributed by atoms with Crippen LogP contribution in [0.1, 0.15) is 12.5 Å². The van der Waals surface area contributed by atoms with Crippen molar-refractivity contribution in [2.75, 3.05) is 24.2 Å². The number of hydrogen-bond acceptors (Lipinski definition) is 7. The lowest BCUT2D eigenvalue weighted by molar-refractivity contribution is -0.119. The van der Waals surface area contributed by atoms with Gasteiger partial charge >= 0.3 is 6.09 Å². The van der Waals surface area contributed by atoms with E-state index in [2.05, 4.69) is 10.3 Å². The molecule has 1 atom stereocenters. The number of aromatic nitrogens is 1. The number of cyclic esters (lactones) is 1. The largest absolute Gasteiger partial charge is 0.442 e. The quantitative estimate of drug-likeness (QED) is 0.657. The van der Waals surface area contributed by atoms with Gasteiger partial charge in [-0.25, -0.2) is 9.18 Å². The van der Waals surface area contributed by atoms with Crippen LogP contribution >= 0.6 is 0 Å². The summed E-state index contributed by atoms with van der Waals surface area (Å²) >= 11 is 0. The number of hydrogen-bond donors (Lipinski definition) is 1. The fourth-order valence-electron chi connectivity index (χ4n) is 2.82. The van der Waals surface area contributed by atoms with Crippen molar-refractivity contribution in [1.29, 1.82) is 0 Å². The van der Waals surface area contributed by atoms with E-state index in [1.807, 2.05) is 0 Å². The van der Waals surface area contributed by atoms with Crippen molar-refractivity contribution in [2.45, 2.75) is 19.6 Å². The van der Waals surface area contributed by atoms with Crippen molar-refractivity contribution in [3.8, 4) is 11.3 Å². The van der Waals surface area contributed by atoms with Gasteiger partial charge in [-0.05, 0) is 29.8 Å². The molecule has 1 aromatic heterocycles. The highest BCUT2D eigenvalue weighted by Crippen LogP contribution is 2.28. The molecule has 1 fully saturated rings. The molecule has 0 saturated carbocycles. The van der Waals surface area contributed by atoms with Gasteiger partial charge in [0, 0.05) is 18.7 Å². The van der Waals surface area contributed by atoms with Crippen molar-refractivity contribution in [3.63, 3.8) is 0 Å². The van der Waals surface area contributed by atoms with Crippen molar-refractivity contribution < 1.29 is 31.3 Å². The molecule has 9 nitrogen and oxygen atoms in total. The summed E-state index contributed by atoms with van der Waals surface area (Å²) in [6, 6.07) is 7.41. The van der Waals surface area contributed by atoms with Crippen LogP contribution in [0, 0.1) is 5.82 Å². The molecular formula is C19H20FN3O6S. The van der Waals surface area contributed by atoms with Crippen LogP contribution in [0.3, 0.4) is 0 Å². The number of benzene rings is 1. The second kappa shape index (κ2) is 8.76. The zero-order valence-corrected chi connectivity index (χ0v) is 17.1. The number of pyridine rings is 1. The lowest BCUT2D eigenvalue weighted by atomic mass is 10.1. The number of amides is 2. The molecule has 1 aliphatic heterocycles. The van der Waals surface area contributed by atoms with Gasteiger partial charge in [0.05, 0.1) is 37.3 Å². The third-order valence-corrected chi connectivity index (χ3v) is 4.80. The average molecular weight is 437 g/mol. The van der Waals surface area contributed by atoms with E-state index in [4.69, 9.17) is 8.92 Å². The summed E-state index contributed by atoms with van der Waals surface area (Å²) in [6.07, 6.45) is 1.21. The Bertz CT molecular complexity index is 1060. The number of anilines is 1. The summed E-state index contributed by atoms with van der Waals surface area (Å²) in [6.45, 7) is 1.56. The van der Waals surface area contributed by atoms with Gasteiger partial charge in [-0.1, -0.05) is 6.07 Å². The third kappa shape index (κ3) is 5.51. The number of ether oxygens (including phenoxy) is 1. The van der Waals surface area contributed by atoms with E-state index < -0.39 is 28.1 Å². The lowest BCUT2D eigenvalue weighted by Gasteiger charge is -2.14. The zero-order valence-electron chi connectivity index (χ0n) is 16.3. The highest BCUT2D eigenvalue weighted by atomic mass is 32.2. The summed E-state index contributed by atoms with van der Waals surface area (Å²) in [5, 5.41) is 2.58. The van der Waals surface area contributed by atoms with Crippen molar-refractivity contribution in [2.24, 2.45) is 0 Å². The standard InChI is InChI=1S/C19H20FN3O6S/c1-12(24)21-9-15-10-23(19(25)29-15)14-4-5-16(17(20)7-14)18-6-3-13(8-22-18)11-28-30(2,26)27/h3-8,15H,9-11H2,1-2H3,(H,21,24)/t15-/m0/s1. The van der Waals surface area contributed by atoms with Crippen LogP contribution in [-0.4, -0.2) is 50.9 Å². The molecule has 0 radical (unpaired) electrons. The second-order valence-electron chi connectivity index (χ2n) is 6.74. The van der Waals surface area contributed by atoms with Crippen LogP contribution in [0.25, 0.3) is 11.3 Å². The van der Waals surface area contributed by atoms with Gasteiger partial charge in [0.15, 0.2) is 0 Å². The maximum Gasteiger partial charge on any atom is 0.414 e. The first-order valence-corrected chi connectivity index (χ1v) is 10.8. The summed E-state index contributed by atoms with van der Waals surface area (Å²) in [5.74, 6) is -0.820. The monoisotopic (exact) mass is 437 g/mol. The van der Waals surface area contributed by atoms with E-state index >= 15 is 0 Å². The molecule has 0 spiro atoms. The topological polar surface area (TPSA) is 115 Å². The van der Waals surface area contributed by atoms with Crippen LogP contribution in [0.2, 0.25) is 0 Å². The Labute approximate surface area is 172 Å². The molecule has 1 saturated heterocycles. The van der Waals surface area contributed by atoms with E-state index in [0.29, 0.717) is 16.9 Å². The van der Waals surface area contributed by atoms with Gasteiger partial charge in [0.1, 0.15) is 11.9 Å². The van der Waals surface area contributed by atoms with Gasteiger partial charge in [-0.2, -0.15) is 8.42 Å². The molecule has 30 heavy (non-hydrogen) atoms. The Morgan fingerprint density at radius 2 is 2.13 bits per heavy atom. The molecule has 2 heterocycles. The van der Waals surface area contributed by atoms with Crippen molar-refractivity contribution >= 4 is 27.8 Å². The van der Waals surface area contributed by atoms with Gasteiger partial charge in [-0.15, -0.1) is 0 Å². The SMILES string of the molecule is CC(=O)NC[C@H]1CN(c2ccc(-c3ccc(COS(C)(=O)=O)cn3)c(F)c2)C(=O)O1. The number of nitrogens with one attached hydrogen (secondary N) is 1. The van der Waals surface area contributed by atoms with E-state index in [1.54, 1.807) is 18.2 Å². The maximum atomic E-state index is 14.7. The normalized spacial score (nSPS) is 16.4. The van der Waals surface area contributed by atoms with Crippen LogP contribution in [0.15, 0.2) is 36.5 Å². The van der Waals surface area contributed by atoms with Crippen molar-refractivity contribution in [1.82, 2.24) is 10.3 Å². The average Bonchev–Trinajstić information content (AvgIpc) is 3.05. The third-order valence-electron chi connectivity index (χ3n) is 4.26. The minimum Gasteiger partial charge on any atom is -0.442 e. The second-order valence-corrected chi connectivity index (χ2v) is 8.38. The Kier molecular flexibility index (Phi) is 6.32. The Hall–Kier alpha value is -3.05. The molecule has 3 rings (SSSR count). The first-order valence-electron chi connectivity index (χ1n) is 8.94. The number of nitrogens with zero attached hydrogens (tertiary/aromatic N) is 2. The van der Waals surface area contributed by atoms with Gasteiger partial charge in [0.25, 0.3) is 10.1 Å². The number of carbonyl (C=O) groups is 2. The molecule has 1 N–H and O–H groups in total. The Balaban J connectivity index is 1.71. The minimum atomic E-state index is -3.57. The highest BCUT2D eigenvalue weighted by molar-refractivity contribution is 7.85. The van der Waals surface area contributed by atoms with Gasteiger partial charge in [0.2, 0.25) is 5.91 Å². The lowest BCUT2D eigenvalue weighted by Crippen LogP contribution is -2.33. The predicted octanol–water partition coefficient (Wildman–Crippen LogP) is 1.83. The highest BCUT2D eigenvalue weighted by Gasteiger charge is 2.32. The zero-order chi connectivity index (χ0) is 21.9. The molecule has 1 aliphatic rings. The molecule has 2 amide bonds. The molecule has 2 aromatic rings. The fourth-order valence-corrected chi connectivity index (χ4v) is 3.17. The fraction of sp³-hybridized carbons (Fsp3) is 0.316. The molecular weight excluding hydrogens is 417 g/mol. The predicted molar refractivity (Wildman–Crippen MR) is 106 cm³/mol. The van der Waals surface area contributed by atoms with Gasteiger partial charge in [-0.3, -0.25) is 18.9 Å². The smallest absolute Gasteiger partial charge is 0.414 e. The van der Waals surface area contributed by atoms with Crippen LogP contribution < -0.4 is 10.2 Å². The number of carbonyl (C=O) groups excluding carboxylic acids is 2. The number of halogens is 1. The molecule has 0 unspecified atom stereocenters. The van der Waals surface area contributed by atoms with Crippen LogP contribution in [-0.2, 0) is 30.4 Å². The van der Waals surface area contributed by atoms with E-state index in [1.165, 1.54) is 30.2 Å². The molecule has 1 aromatic carbocycles. The summed E-state index contributed by atoms with van der Waals surface area (Å²) in [4.78, 5) is 28.5. The number of rotatable bonds is 7. The Morgan fingerprint density at radius 1 is 1.37 bits per heavy atom. The molecule has 0 bridgehead atoms. The van der Waals surface area contributed by atoms with Crippen LogP contribution in [0.4, 0.5) is 14.9 Å². The first kappa shape index (κ1) is 21.7. The Morgan fingerprint density at radius 3 is 2.73 bits per heavy atom.